The number of hydrogen-bond donors (Lipinski definition) is 1. The van der Waals surface area contributed by atoms with Crippen molar-refractivity contribution >= 4 is 17.8 Å². The van der Waals surface area contributed by atoms with Crippen molar-refractivity contribution in [2.45, 2.75) is 50.6 Å². The van der Waals surface area contributed by atoms with E-state index in [4.69, 9.17) is 4.42 Å². The summed E-state index contributed by atoms with van der Waals surface area (Å²) in [4.78, 5) is 2.23. The molecular weight excluding hydrogens is 248 g/mol. The molecule has 100 valence electrons. The van der Waals surface area contributed by atoms with Gasteiger partial charge in [-0.2, -0.15) is 11.8 Å². The molecule has 1 aromatic rings. The summed E-state index contributed by atoms with van der Waals surface area (Å²) in [5.74, 6) is 1.83. The van der Waals surface area contributed by atoms with Crippen LogP contribution in [0.2, 0.25) is 0 Å². The van der Waals surface area contributed by atoms with Crippen LogP contribution >= 0.6 is 11.8 Å². The van der Waals surface area contributed by atoms with Gasteiger partial charge in [0.15, 0.2) is 0 Å². The Morgan fingerprint density at radius 1 is 1.39 bits per heavy atom. The van der Waals surface area contributed by atoms with Crippen LogP contribution in [0.1, 0.15) is 32.6 Å². The zero-order chi connectivity index (χ0) is 12.5. The van der Waals surface area contributed by atoms with E-state index in [1.54, 1.807) is 0 Å². The number of aromatic nitrogens is 2. The van der Waals surface area contributed by atoms with Crippen LogP contribution in [0.25, 0.3) is 0 Å². The molecule has 0 radical (unpaired) electrons. The molecule has 0 bridgehead atoms. The van der Waals surface area contributed by atoms with Crippen LogP contribution in [0.15, 0.2) is 4.42 Å². The van der Waals surface area contributed by atoms with Crippen LogP contribution < -0.4 is 10.2 Å². The van der Waals surface area contributed by atoms with Gasteiger partial charge >= 0.3 is 6.01 Å². The first-order chi connectivity index (χ1) is 8.74. The number of nitrogens with zero attached hydrogens (tertiary/aromatic N) is 3. The molecular formula is C12H20N4OS. The molecule has 1 aliphatic carbocycles. The predicted molar refractivity (Wildman–Crippen MR) is 72.9 cm³/mol. The Balaban J connectivity index is 1.63. The summed E-state index contributed by atoms with van der Waals surface area (Å²) in [5.41, 5.74) is 0. The average molecular weight is 268 g/mol. The fourth-order valence-electron chi connectivity index (χ4n) is 2.15. The number of hydrogen-bond acceptors (Lipinski definition) is 6. The molecule has 1 saturated heterocycles. The Hall–Kier alpha value is -0.750. The van der Waals surface area contributed by atoms with Crippen molar-refractivity contribution < 1.29 is 4.42 Å². The normalized spacial score (nSPS) is 28.7. The third-order valence-electron chi connectivity index (χ3n) is 3.71. The van der Waals surface area contributed by atoms with Crippen LogP contribution in [0.5, 0.6) is 0 Å². The topological polar surface area (TPSA) is 54.2 Å². The van der Waals surface area contributed by atoms with Crippen LogP contribution in [0.3, 0.4) is 0 Å². The second-order valence-electron chi connectivity index (χ2n) is 5.14. The minimum absolute atomic E-state index is 0.452. The highest BCUT2D eigenvalue weighted by Crippen LogP contribution is 2.28. The summed E-state index contributed by atoms with van der Waals surface area (Å²) >= 11 is 2.01. The summed E-state index contributed by atoms with van der Waals surface area (Å²) < 4.78 is 5.75. The Bertz CT molecular complexity index is 407. The van der Waals surface area contributed by atoms with E-state index in [0.29, 0.717) is 35.8 Å². The number of nitrogens with one attached hydrogen (secondary N) is 1. The summed E-state index contributed by atoms with van der Waals surface area (Å²) in [5, 5.41) is 12.3. The van der Waals surface area contributed by atoms with Crippen LogP contribution in [0, 0.1) is 0 Å². The lowest BCUT2D eigenvalue weighted by atomic mass is 10.2. The lowest BCUT2D eigenvalue weighted by Crippen LogP contribution is -2.44. The monoisotopic (exact) mass is 268 g/mol. The smallest absolute Gasteiger partial charge is 0.318 e. The average Bonchev–Trinajstić information content (AvgIpc) is 3.08. The molecule has 2 aliphatic rings. The zero-order valence-electron chi connectivity index (χ0n) is 10.9. The first kappa shape index (κ1) is 12.3. The molecule has 2 heterocycles. The Labute approximate surface area is 112 Å². The lowest BCUT2D eigenvalue weighted by Gasteiger charge is -2.35. The summed E-state index contributed by atoms with van der Waals surface area (Å²) in [6.07, 6.45) is 2.55. The van der Waals surface area contributed by atoms with Crippen molar-refractivity contribution in [2.75, 3.05) is 17.2 Å². The van der Waals surface area contributed by atoms with Crippen molar-refractivity contribution in [3.63, 3.8) is 0 Å². The van der Waals surface area contributed by atoms with Crippen LogP contribution in [-0.2, 0) is 6.54 Å². The number of rotatable bonds is 4. The van der Waals surface area contributed by atoms with Gasteiger partial charge in [0.1, 0.15) is 0 Å². The van der Waals surface area contributed by atoms with E-state index in [1.165, 1.54) is 12.8 Å². The van der Waals surface area contributed by atoms with E-state index >= 15 is 0 Å². The standard InChI is InChI=1S/C12H20N4OS/c1-8-9(2)18-6-5-16(8)12-15-14-11(17-12)7-13-10-3-4-10/h8-10,13H,3-7H2,1-2H3. The molecule has 3 rings (SSSR count). The number of thioether (sulfide) groups is 1. The molecule has 2 fully saturated rings. The van der Waals surface area contributed by atoms with E-state index in [-0.39, 0.29) is 0 Å². The van der Waals surface area contributed by atoms with Gasteiger partial charge in [0.05, 0.1) is 6.54 Å². The maximum absolute atomic E-state index is 5.75. The molecule has 2 unspecified atom stereocenters. The van der Waals surface area contributed by atoms with E-state index in [1.807, 2.05) is 11.8 Å². The van der Waals surface area contributed by atoms with Crippen molar-refractivity contribution in [2.24, 2.45) is 0 Å². The van der Waals surface area contributed by atoms with E-state index in [2.05, 4.69) is 34.3 Å². The summed E-state index contributed by atoms with van der Waals surface area (Å²) in [6, 6.07) is 1.81. The number of anilines is 1. The second kappa shape index (κ2) is 5.09. The Morgan fingerprint density at radius 2 is 2.22 bits per heavy atom. The van der Waals surface area contributed by atoms with Gasteiger partial charge in [0, 0.05) is 29.6 Å². The molecule has 18 heavy (non-hydrogen) atoms. The lowest BCUT2D eigenvalue weighted by molar-refractivity contribution is 0.447. The third kappa shape index (κ3) is 2.64. The molecule has 0 aromatic carbocycles. The maximum Gasteiger partial charge on any atom is 0.318 e. The largest absolute Gasteiger partial charge is 0.407 e. The molecule has 1 saturated carbocycles. The van der Waals surface area contributed by atoms with Gasteiger partial charge in [0.2, 0.25) is 5.89 Å². The highest BCUT2D eigenvalue weighted by Gasteiger charge is 2.29. The maximum atomic E-state index is 5.75. The van der Waals surface area contributed by atoms with Gasteiger partial charge in [-0.3, -0.25) is 0 Å². The highest BCUT2D eigenvalue weighted by atomic mass is 32.2. The highest BCUT2D eigenvalue weighted by molar-refractivity contribution is 8.00. The summed E-state index contributed by atoms with van der Waals surface area (Å²) in [6.45, 7) is 6.18. The molecule has 1 aromatic heterocycles. The molecule has 1 aliphatic heterocycles. The van der Waals surface area contributed by atoms with Gasteiger partial charge in [-0.25, -0.2) is 0 Å². The molecule has 2 atom stereocenters. The third-order valence-corrected chi connectivity index (χ3v) is 5.04. The molecule has 6 heteroatoms. The first-order valence-corrected chi connectivity index (χ1v) is 7.73. The Kier molecular flexibility index (Phi) is 3.48. The first-order valence-electron chi connectivity index (χ1n) is 6.68. The van der Waals surface area contributed by atoms with Crippen molar-refractivity contribution in [3.05, 3.63) is 5.89 Å². The van der Waals surface area contributed by atoms with Crippen molar-refractivity contribution in [1.29, 1.82) is 0 Å². The Morgan fingerprint density at radius 3 is 3.00 bits per heavy atom. The van der Waals surface area contributed by atoms with Crippen LogP contribution in [-0.4, -0.2) is 39.8 Å². The predicted octanol–water partition coefficient (Wildman–Crippen LogP) is 1.65. The van der Waals surface area contributed by atoms with Gasteiger partial charge in [-0.05, 0) is 19.8 Å². The molecule has 0 spiro atoms. The van der Waals surface area contributed by atoms with Gasteiger partial charge in [0.25, 0.3) is 0 Å². The van der Waals surface area contributed by atoms with Gasteiger partial charge in [-0.1, -0.05) is 12.0 Å². The fraction of sp³-hybridized carbons (Fsp3) is 0.833. The van der Waals surface area contributed by atoms with Crippen molar-refractivity contribution in [1.82, 2.24) is 15.5 Å². The van der Waals surface area contributed by atoms with Crippen molar-refractivity contribution in [3.8, 4) is 0 Å². The van der Waals surface area contributed by atoms with Gasteiger partial charge < -0.3 is 14.6 Å². The van der Waals surface area contributed by atoms with Crippen LogP contribution in [0.4, 0.5) is 6.01 Å². The SMILES string of the molecule is CC1SCCN(c2nnc(CNC3CC3)o2)C1C. The zero-order valence-corrected chi connectivity index (χ0v) is 11.7. The quantitative estimate of drug-likeness (QED) is 0.896. The fourth-order valence-corrected chi connectivity index (χ4v) is 3.25. The minimum Gasteiger partial charge on any atom is -0.407 e. The molecule has 1 N–H and O–H groups in total. The minimum atomic E-state index is 0.452. The van der Waals surface area contributed by atoms with Gasteiger partial charge in [-0.15, -0.1) is 5.10 Å². The second-order valence-corrected chi connectivity index (χ2v) is 6.63. The van der Waals surface area contributed by atoms with E-state index in [9.17, 15) is 0 Å². The molecule has 5 nitrogen and oxygen atoms in total. The van der Waals surface area contributed by atoms with E-state index in [0.717, 1.165) is 12.3 Å². The summed E-state index contributed by atoms with van der Waals surface area (Å²) in [7, 11) is 0. The van der Waals surface area contributed by atoms with E-state index < -0.39 is 0 Å². The molecule has 0 amide bonds.